The van der Waals surface area contributed by atoms with Gasteiger partial charge in [-0.05, 0) is 35.7 Å². The quantitative estimate of drug-likeness (QED) is 0.767. The Kier molecular flexibility index (Phi) is 4.03. The Morgan fingerprint density at radius 2 is 1.94 bits per heavy atom. The van der Waals surface area contributed by atoms with Crippen molar-refractivity contribution in [3.8, 4) is 0 Å². The first-order chi connectivity index (χ1) is 8.22. The number of nitrogens with zero attached hydrogens (tertiary/aromatic N) is 1. The van der Waals surface area contributed by atoms with E-state index < -0.39 is 0 Å². The second-order valence-electron chi connectivity index (χ2n) is 3.92. The monoisotopic (exact) mass is 265 g/mol. The van der Waals surface area contributed by atoms with Gasteiger partial charge in [-0.15, -0.1) is 0 Å². The molecule has 1 nitrogen and oxygen atoms in total. The number of pyridine rings is 1. The lowest BCUT2D eigenvalue weighted by molar-refractivity contribution is 0.773. The largest absolute Gasteiger partial charge is 0.264 e. The highest BCUT2D eigenvalue weighted by molar-refractivity contribution is 6.42. The van der Waals surface area contributed by atoms with Crippen LogP contribution < -0.4 is 0 Å². The highest BCUT2D eigenvalue weighted by Crippen LogP contribution is 2.31. The molecule has 0 spiro atoms. The van der Waals surface area contributed by atoms with E-state index in [0.717, 1.165) is 6.42 Å². The van der Waals surface area contributed by atoms with Crippen LogP contribution in [0.1, 0.15) is 30.4 Å². The maximum Gasteiger partial charge on any atom is 0.0595 e. The van der Waals surface area contributed by atoms with Crippen molar-refractivity contribution < 1.29 is 0 Å². The van der Waals surface area contributed by atoms with Crippen molar-refractivity contribution in [2.24, 2.45) is 0 Å². The van der Waals surface area contributed by atoms with Crippen LogP contribution in [-0.4, -0.2) is 4.98 Å². The van der Waals surface area contributed by atoms with Gasteiger partial charge in [0.15, 0.2) is 0 Å². The van der Waals surface area contributed by atoms with Crippen molar-refractivity contribution in [3.63, 3.8) is 0 Å². The molecule has 0 N–H and O–H groups in total. The van der Waals surface area contributed by atoms with Crippen LogP contribution in [0.25, 0.3) is 0 Å². The number of halogens is 2. The lowest BCUT2D eigenvalue weighted by Crippen LogP contribution is -2.00. The summed E-state index contributed by atoms with van der Waals surface area (Å²) in [5, 5.41) is 1.20. The molecule has 88 valence electrons. The van der Waals surface area contributed by atoms with E-state index in [1.165, 1.54) is 11.1 Å². The predicted octanol–water partition coefficient (Wildman–Crippen LogP) is 4.93. The lowest BCUT2D eigenvalue weighted by Gasteiger charge is -2.16. The first-order valence-electron chi connectivity index (χ1n) is 5.57. The first-order valence-corrected chi connectivity index (χ1v) is 6.33. The summed E-state index contributed by atoms with van der Waals surface area (Å²) in [5.41, 5.74) is 2.38. The molecule has 0 fully saturated rings. The van der Waals surface area contributed by atoms with Crippen molar-refractivity contribution in [1.82, 2.24) is 4.98 Å². The van der Waals surface area contributed by atoms with Gasteiger partial charge in [0.1, 0.15) is 0 Å². The molecule has 0 amide bonds. The van der Waals surface area contributed by atoms with E-state index in [1.807, 2.05) is 30.5 Å². The fourth-order valence-electron chi connectivity index (χ4n) is 1.98. The summed E-state index contributed by atoms with van der Waals surface area (Å²) in [4.78, 5) is 4.16. The third kappa shape index (κ3) is 2.80. The van der Waals surface area contributed by atoms with E-state index in [2.05, 4.69) is 18.0 Å². The highest BCUT2D eigenvalue weighted by Gasteiger charge is 2.13. The molecule has 0 saturated carbocycles. The summed E-state index contributed by atoms with van der Waals surface area (Å²) >= 11 is 12.0. The number of aromatic nitrogens is 1. The Labute approximate surface area is 111 Å². The fraction of sp³-hybridized carbons (Fsp3) is 0.214. The van der Waals surface area contributed by atoms with Gasteiger partial charge in [0, 0.05) is 18.3 Å². The zero-order valence-corrected chi connectivity index (χ0v) is 11.0. The second kappa shape index (κ2) is 5.52. The van der Waals surface area contributed by atoms with Gasteiger partial charge in [-0.3, -0.25) is 4.98 Å². The van der Waals surface area contributed by atoms with Crippen LogP contribution in [0.5, 0.6) is 0 Å². The smallest absolute Gasteiger partial charge is 0.0595 e. The van der Waals surface area contributed by atoms with Gasteiger partial charge < -0.3 is 0 Å². The van der Waals surface area contributed by atoms with E-state index in [1.54, 1.807) is 6.20 Å². The topological polar surface area (TPSA) is 12.9 Å². The maximum absolute atomic E-state index is 6.05. The van der Waals surface area contributed by atoms with Crippen LogP contribution in [0.15, 0.2) is 42.7 Å². The van der Waals surface area contributed by atoms with Gasteiger partial charge in [0.2, 0.25) is 0 Å². The molecule has 0 radical (unpaired) electrons. The van der Waals surface area contributed by atoms with Crippen molar-refractivity contribution in [1.29, 1.82) is 0 Å². The second-order valence-corrected chi connectivity index (χ2v) is 4.74. The molecule has 0 aliphatic rings. The number of hydrogen-bond acceptors (Lipinski definition) is 1. The summed E-state index contributed by atoms with van der Waals surface area (Å²) < 4.78 is 0. The van der Waals surface area contributed by atoms with Crippen LogP contribution in [0.4, 0.5) is 0 Å². The summed E-state index contributed by atoms with van der Waals surface area (Å²) in [6.45, 7) is 2.15. The zero-order valence-electron chi connectivity index (χ0n) is 9.53. The van der Waals surface area contributed by atoms with Crippen LogP contribution in [0.3, 0.4) is 0 Å². The van der Waals surface area contributed by atoms with Crippen molar-refractivity contribution in [3.05, 3.63) is 63.9 Å². The molecule has 1 aromatic carbocycles. The van der Waals surface area contributed by atoms with E-state index in [-0.39, 0.29) is 0 Å². The van der Waals surface area contributed by atoms with Crippen molar-refractivity contribution >= 4 is 23.2 Å². The Morgan fingerprint density at radius 1 is 1.12 bits per heavy atom. The Morgan fingerprint density at radius 3 is 2.53 bits per heavy atom. The van der Waals surface area contributed by atoms with E-state index in [0.29, 0.717) is 16.0 Å². The molecule has 0 aliphatic carbocycles. The molecule has 1 heterocycles. The van der Waals surface area contributed by atoms with Crippen LogP contribution in [0.2, 0.25) is 10.0 Å². The molecule has 1 atom stereocenters. The minimum Gasteiger partial charge on any atom is -0.264 e. The van der Waals surface area contributed by atoms with Gasteiger partial charge in [-0.25, -0.2) is 0 Å². The van der Waals surface area contributed by atoms with Gasteiger partial charge >= 0.3 is 0 Å². The molecule has 1 aromatic heterocycles. The zero-order chi connectivity index (χ0) is 12.3. The summed E-state index contributed by atoms with van der Waals surface area (Å²) in [5.74, 6) is 0.318. The van der Waals surface area contributed by atoms with Gasteiger partial charge in [-0.2, -0.15) is 0 Å². The summed E-state index contributed by atoms with van der Waals surface area (Å²) in [7, 11) is 0. The third-order valence-electron chi connectivity index (χ3n) is 2.84. The van der Waals surface area contributed by atoms with Gasteiger partial charge in [0.05, 0.1) is 10.0 Å². The van der Waals surface area contributed by atoms with Crippen LogP contribution in [0, 0.1) is 0 Å². The molecule has 1 unspecified atom stereocenters. The number of rotatable bonds is 3. The van der Waals surface area contributed by atoms with Crippen molar-refractivity contribution in [2.45, 2.75) is 19.3 Å². The number of benzene rings is 1. The number of hydrogen-bond donors (Lipinski definition) is 0. The van der Waals surface area contributed by atoms with Crippen LogP contribution >= 0.6 is 23.2 Å². The Bertz CT molecular complexity index is 497. The fourth-order valence-corrected chi connectivity index (χ4v) is 2.28. The highest BCUT2D eigenvalue weighted by atomic mass is 35.5. The molecule has 2 aromatic rings. The molecular formula is C14H13Cl2N. The van der Waals surface area contributed by atoms with Crippen LogP contribution in [-0.2, 0) is 0 Å². The normalized spacial score (nSPS) is 12.4. The summed E-state index contributed by atoms with van der Waals surface area (Å²) in [6, 6.07) is 9.85. The molecule has 0 aliphatic heterocycles. The molecule has 17 heavy (non-hydrogen) atoms. The molecular weight excluding hydrogens is 253 g/mol. The van der Waals surface area contributed by atoms with Crippen molar-refractivity contribution in [2.75, 3.05) is 0 Å². The maximum atomic E-state index is 6.05. The predicted molar refractivity (Wildman–Crippen MR) is 72.8 cm³/mol. The average molecular weight is 266 g/mol. The first kappa shape index (κ1) is 12.4. The standard InChI is InChI=1S/C14H13Cl2N/c1-2-12(11-4-3-7-17-9-11)10-5-6-13(15)14(16)8-10/h3-9,12H,2H2,1H3. The molecule has 0 bridgehead atoms. The molecule has 2 rings (SSSR count). The Balaban J connectivity index is 2.39. The third-order valence-corrected chi connectivity index (χ3v) is 3.58. The Hall–Kier alpha value is -1.05. The van der Waals surface area contributed by atoms with E-state index >= 15 is 0 Å². The average Bonchev–Trinajstić information content (AvgIpc) is 2.36. The lowest BCUT2D eigenvalue weighted by atomic mass is 9.90. The minimum absolute atomic E-state index is 0.318. The molecule has 3 heteroatoms. The van der Waals surface area contributed by atoms with E-state index in [4.69, 9.17) is 23.2 Å². The molecule has 0 saturated heterocycles. The minimum atomic E-state index is 0.318. The van der Waals surface area contributed by atoms with E-state index in [9.17, 15) is 0 Å². The van der Waals surface area contributed by atoms with Gasteiger partial charge in [0.25, 0.3) is 0 Å². The van der Waals surface area contributed by atoms with Gasteiger partial charge in [-0.1, -0.05) is 42.3 Å². The summed E-state index contributed by atoms with van der Waals surface area (Å²) in [6.07, 6.45) is 4.69. The SMILES string of the molecule is CCC(c1cccnc1)c1ccc(Cl)c(Cl)c1.